The molecule has 3 heteroatoms. The van der Waals surface area contributed by atoms with Gasteiger partial charge >= 0.3 is 0 Å². The van der Waals surface area contributed by atoms with Gasteiger partial charge in [0.2, 0.25) is 0 Å². The summed E-state index contributed by atoms with van der Waals surface area (Å²) in [6.45, 7) is 1.65. The molecular formula is C19H24O3. The largest absolute Gasteiger partial charge is 0.393 e. The third kappa shape index (κ3) is 2.05. The summed E-state index contributed by atoms with van der Waals surface area (Å²) in [5.74, 6) is 2.45. The van der Waals surface area contributed by atoms with Crippen molar-refractivity contribution in [3.63, 3.8) is 0 Å². The molecule has 0 aromatic heterocycles. The summed E-state index contributed by atoms with van der Waals surface area (Å²) in [5.41, 5.74) is 2.25. The molecule has 0 amide bonds. The second-order valence-corrected chi connectivity index (χ2v) is 7.64. The first kappa shape index (κ1) is 14.4. The van der Waals surface area contributed by atoms with Crippen LogP contribution < -0.4 is 0 Å². The van der Waals surface area contributed by atoms with E-state index >= 15 is 0 Å². The Morgan fingerprint density at radius 2 is 2.00 bits per heavy atom. The normalized spacial score (nSPS) is 43.6. The van der Waals surface area contributed by atoms with Crippen molar-refractivity contribution in [2.75, 3.05) is 0 Å². The summed E-state index contributed by atoms with van der Waals surface area (Å²) in [7, 11) is 0. The lowest BCUT2D eigenvalue weighted by Crippen LogP contribution is -2.49. The van der Waals surface area contributed by atoms with E-state index in [9.17, 15) is 14.7 Å². The summed E-state index contributed by atoms with van der Waals surface area (Å²) in [6.07, 6.45) is 9.00. The standard InChI is InChI=1S/C19H24O3/c1-10(20)13-6-7-15-16-4-2-11-8-12(21)3-5-14(11)19(16)18(22)9-17(13)15/h6,8,14-19,22H,2-5,7,9H2,1H3/t14?,15?,16?,17?,18-,19?/m0/s1. The van der Waals surface area contributed by atoms with Gasteiger partial charge in [0, 0.05) is 6.42 Å². The number of aliphatic hydroxyl groups excluding tert-OH is 1. The zero-order chi connectivity index (χ0) is 15.4. The van der Waals surface area contributed by atoms with Crippen molar-refractivity contribution >= 4 is 11.6 Å². The van der Waals surface area contributed by atoms with Crippen LogP contribution in [-0.2, 0) is 9.59 Å². The zero-order valence-electron chi connectivity index (χ0n) is 13.1. The molecule has 0 radical (unpaired) electrons. The van der Waals surface area contributed by atoms with Crippen molar-refractivity contribution in [3.8, 4) is 0 Å². The van der Waals surface area contributed by atoms with Gasteiger partial charge in [-0.3, -0.25) is 9.59 Å². The number of Topliss-reactive ketones (excluding diaryl/α,β-unsaturated/α-hetero) is 1. The van der Waals surface area contributed by atoms with Crippen LogP contribution in [0.4, 0.5) is 0 Å². The lowest BCUT2D eigenvalue weighted by molar-refractivity contribution is -0.118. The number of carbonyl (C=O) groups is 2. The Morgan fingerprint density at radius 3 is 2.77 bits per heavy atom. The van der Waals surface area contributed by atoms with Gasteiger partial charge in [0.05, 0.1) is 6.10 Å². The van der Waals surface area contributed by atoms with Gasteiger partial charge in [-0.05, 0) is 80.3 Å². The lowest BCUT2D eigenvalue weighted by Gasteiger charge is -2.51. The first-order valence-electron chi connectivity index (χ1n) is 8.68. The van der Waals surface area contributed by atoms with E-state index in [1.807, 2.05) is 6.08 Å². The number of hydrogen-bond donors (Lipinski definition) is 1. The molecule has 0 aliphatic heterocycles. The van der Waals surface area contributed by atoms with Gasteiger partial charge in [-0.2, -0.15) is 0 Å². The molecule has 2 fully saturated rings. The maximum absolute atomic E-state index is 11.8. The van der Waals surface area contributed by atoms with Crippen molar-refractivity contribution in [2.24, 2.45) is 29.6 Å². The highest BCUT2D eigenvalue weighted by Gasteiger charge is 2.52. The van der Waals surface area contributed by atoms with E-state index in [1.165, 1.54) is 5.57 Å². The molecule has 2 saturated carbocycles. The van der Waals surface area contributed by atoms with Gasteiger partial charge in [0.25, 0.3) is 0 Å². The Bertz CT molecular complexity index is 585. The van der Waals surface area contributed by atoms with Gasteiger partial charge in [-0.15, -0.1) is 0 Å². The van der Waals surface area contributed by atoms with E-state index in [1.54, 1.807) is 6.92 Å². The summed E-state index contributed by atoms with van der Waals surface area (Å²) in [5, 5.41) is 10.8. The molecule has 0 aromatic carbocycles. The molecule has 0 spiro atoms. The molecule has 118 valence electrons. The Hall–Kier alpha value is -1.22. The summed E-state index contributed by atoms with van der Waals surface area (Å²) < 4.78 is 0. The highest BCUT2D eigenvalue weighted by Crippen LogP contribution is 2.56. The second-order valence-electron chi connectivity index (χ2n) is 7.64. The Balaban J connectivity index is 1.63. The van der Waals surface area contributed by atoms with Crippen molar-refractivity contribution in [2.45, 2.75) is 51.6 Å². The van der Waals surface area contributed by atoms with Crippen LogP contribution in [0.2, 0.25) is 0 Å². The molecule has 0 heterocycles. The lowest BCUT2D eigenvalue weighted by atomic mass is 9.54. The molecular weight excluding hydrogens is 276 g/mol. The average molecular weight is 300 g/mol. The minimum atomic E-state index is -0.325. The van der Waals surface area contributed by atoms with Crippen LogP contribution in [0.25, 0.3) is 0 Å². The number of carbonyl (C=O) groups excluding carboxylic acids is 2. The summed E-state index contributed by atoms with van der Waals surface area (Å²) >= 11 is 0. The monoisotopic (exact) mass is 300 g/mol. The highest BCUT2D eigenvalue weighted by molar-refractivity contribution is 5.94. The highest BCUT2D eigenvalue weighted by atomic mass is 16.3. The molecule has 4 aliphatic rings. The second kappa shape index (κ2) is 5.16. The van der Waals surface area contributed by atoms with Crippen LogP contribution in [-0.4, -0.2) is 22.8 Å². The van der Waals surface area contributed by atoms with Crippen molar-refractivity contribution in [1.29, 1.82) is 0 Å². The molecule has 0 saturated heterocycles. The Kier molecular flexibility index (Phi) is 3.37. The summed E-state index contributed by atoms with van der Waals surface area (Å²) in [6, 6.07) is 0. The molecule has 5 unspecified atom stereocenters. The topological polar surface area (TPSA) is 54.4 Å². The molecule has 6 atom stereocenters. The molecule has 4 rings (SSSR count). The molecule has 3 nitrogen and oxygen atoms in total. The number of fused-ring (bicyclic) bond motifs is 5. The Morgan fingerprint density at radius 1 is 1.18 bits per heavy atom. The number of allylic oxidation sites excluding steroid dienone is 4. The number of ketones is 2. The SMILES string of the molecule is CC(=O)C1=CCC2C1C[C@H](O)C1C3CCC(=O)C=C3CCC21. The van der Waals surface area contributed by atoms with Gasteiger partial charge in [0.1, 0.15) is 0 Å². The van der Waals surface area contributed by atoms with Gasteiger partial charge in [-0.25, -0.2) is 0 Å². The number of rotatable bonds is 1. The maximum Gasteiger partial charge on any atom is 0.155 e. The van der Waals surface area contributed by atoms with E-state index in [0.717, 1.165) is 37.7 Å². The van der Waals surface area contributed by atoms with Crippen LogP contribution >= 0.6 is 0 Å². The van der Waals surface area contributed by atoms with Gasteiger partial charge < -0.3 is 5.11 Å². The van der Waals surface area contributed by atoms with E-state index in [2.05, 4.69) is 6.08 Å². The minimum absolute atomic E-state index is 0.179. The van der Waals surface area contributed by atoms with E-state index < -0.39 is 0 Å². The van der Waals surface area contributed by atoms with Gasteiger partial charge in [-0.1, -0.05) is 11.6 Å². The quantitative estimate of drug-likeness (QED) is 0.810. The van der Waals surface area contributed by atoms with E-state index in [-0.39, 0.29) is 23.6 Å². The minimum Gasteiger partial charge on any atom is -0.393 e. The van der Waals surface area contributed by atoms with E-state index in [0.29, 0.717) is 30.1 Å². The molecule has 4 aliphatic carbocycles. The van der Waals surface area contributed by atoms with Crippen LogP contribution in [0, 0.1) is 29.6 Å². The van der Waals surface area contributed by atoms with Crippen LogP contribution in [0.3, 0.4) is 0 Å². The van der Waals surface area contributed by atoms with Crippen molar-refractivity contribution in [1.82, 2.24) is 0 Å². The molecule has 1 N–H and O–H groups in total. The van der Waals surface area contributed by atoms with Crippen molar-refractivity contribution < 1.29 is 14.7 Å². The van der Waals surface area contributed by atoms with Crippen LogP contribution in [0.15, 0.2) is 23.3 Å². The summed E-state index contributed by atoms with van der Waals surface area (Å²) in [4.78, 5) is 23.5. The maximum atomic E-state index is 11.8. The predicted octanol–water partition coefficient (Wildman–Crippen LogP) is 2.83. The predicted molar refractivity (Wildman–Crippen MR) is 83.0 cm³/mol. The third-order valence-electron chi connectivity index (χ3n) is 6.67. The van der Waals surface area contributed by atoms with Crippen LogP contribution in [0.1, 0.15) is 45.4 Å². The molecule has 0 aromatic rings. The number of hydrogen-bond acceptors (Lipinski definition) is 3. The fourth-order valence-electron chi connectivity index (χ4n) is 5.85. The van der Waals surface area contributed by atoms with Crippen LogP contribution in [0.5, 0.6) is 0 Å². The molecule has 22 heavy (non-hydrogen) atoms. The van der Waals surface area contributed by atoms with Crippen molar-refractivity contribution in [3.05, 3.63) is 23.3 Å². The number of aliphatic hydroxyl groups is 1. The third-order valence-corrected chi connectivity index (χ3v) is 6.67. The fraction of sp³-hybridized carbons (Fsp3) is 0.684. The smallest absolute Gasteiger partial charge is 0.155 e. The average Bonchev–Trinajstić information content (AvgIpc) is 2.90. The molecule has 0 bridgehead atoms. The first-order chi connectivity index (χ1) is 10.6. The zero-order valence-corrected chi connectivity index (χ0v) is 13.1. The first-order valence-corrected chi connectivity index (χ1v) is 8.68. The Labute approximate surface area is 131 Å². The van der Waals surface area contributed by atoms with Gasteiger partial charge in [0.15, 0.2) is 11.6 Å². The van der Waals surface area contributed by atoms with E-state index in [4.69, 9.17) is 0 Å². The fourth-order valence-corrected chi connectivity index (χ4v) is 5.85.